The van der Waals surface area contributed by atoms with Crippen LogP contribution in [0.25, 0.3) is 0 Å². The monoisotopic (exact) mass is 317 g/mol. The third kappa shape index (κ3) is 4.43. The Balaban J connectivity index is 0.00000242. The van der Waals surface area contributed by atoms with E-state index in [4.69, 9.17) is 0 Å². The van der Waals surface area contributed by atoms with Crippen LogP contribution < -0.4 is 0 Å². The van der Waals surface area contributed by atoms with Crippen molar-refractivity contribution in [1.82, 2.24) is 4.90 Å². The van der Waals surface area contributed by atoms with Gasteiger partial charge in [0.1, 0.15) is 0 Å². The summed E-state index contributed by atoms with van der Waals surface area (Å²) < 4.78 is 0. The zero-order valence-corrected chi connectivity index (χ0v) is 14.5. The Morgan fingerprint density at radius 3 is 2.18 bits per heavy atom. The largest absolute Gasteiger partial charge is 0.308 e. The lowest BCUT2D eigenvalue weighted by atomic mass is 9.88. The molecular formula is C19H24ClNO. The third-order valence-electron chi connectivity index (χ3n) is 3.86. The number of carbonyl (C=O) groups excluding carboxylic acids is 1. The molecule has 3 heteroatoms. The fourth-order valence-corrected chi connectivity index (χ4v) is 2.49. The van der Waals surface area contributed by atoms with E-state index < -0.39 is 0 Å². The van der Waals surface area contributed by atoms with Gasteiger partial charge in [0.25, 0.3) is 0 Å². The van der Waals surface area contributed by atoms with E-state index in [2.05, 4.69) is 36.9 Å². The molecule has 0 aliphatic carbocycles. The van der Waals surface area contributed by atoms with Crippen LogP contribution >= 0.6 is 12.4 Å². The third-order valence-corrected chi connectivity index (χ3v) is 3.86. The summed E-state index contributed by atoms with van der Waals surface area (Å²) >= 11 is 0. The number of nitrogens with zero attached hydrogens (tertiary/aromatic N) is 1. The first kappa shape index (κ1) is 18.4. The number of aryl methyl sites for hydroxylation is 2. The van der Waals surface area contributed by atoms with E-state index in [0.717, 1.165) is 17.7 Å². The molecule has 22 heavy (non-hydrogen) atoms. The van der Waals surface area contributed by atoms with Crippen molar-refractivity contribution in [2.75, 3.05) is 20.6 Å². The number of hydrogen-bond acceptors (Lipinski definition) is 2. The topological polar surface area (TPSA) is 20.3 Å². The van der Waals surface area contributed by atoms with Gasteiger partial charge in [0.15, 0.2) is 5.78 Å². The predicted molar refractivity (Wildman–Crippen MR) is 95.2 cm³/mol. The molecule has 0 bridgehead atoms. The summed E-state index contributed by atoms with van der Waals surface area (Å²) in [5.41, 5.74) is 4.37. The molecular weight excluding hydrogens is 294 g/mol. The van der Waals surface area contributed by atoms with Crippen LogP contribution in [-0.4, -0.2) is 31.3 Å². The Morgan fingerprint density at radius 2 is 1.64 bits per heavy atom. The van der Waals surface area contributed by atoms with Gasteiger partial charge in [-0.2, -0.15) is 0 Å². The minimum absolute atomic E-state index is 0. The van der Waals surface area contributed by atoms with Gasteiger partial charge in [-0.15, -0.1) is 12.4 Å². The van der Waals surface area contributed by atoms with Gasteiger partial charge in [-0.1, -0.05) is 48.5 Å². The zero-order chi connectivity index (χ0) is 15.4. The number of rotatable bonds is 5. The van der Waals surface area contributed by atoms with Crippen LogP contribution in [0, 0.1) is 13.8 Å². The Morgan fingerprint density at radius 1 is 1.00 bits per heavy atom. The van der Waals surface area contributed by atoms with Crippen molar-refractivity contribution in [2.45, 2.75) is 19.8 Å². The van der Waals surface area contributed by atoms with Gasteiger partial charge in [-0.3, -0.25) is 4.79 Å². The fraction of sp³-hybridized carbons (Fsp3) is 0.316. The molecule has 0 aromatic heterocycles. The first-order valence-electron chi connectivity index (χ1n) is 7.30. The molecule has 0 radical (unpaired) electrons. The maximum atomic E-state index is 12.9. The van der Waals surface area contributed by atoms with Crippen molar-refractivity contribution in [2.24, 2.45) is 0 Å². The van der Waals surface area contributed by atoms with E-state index >= 15 is 0 Å². The average molecular weight is 318 g/mol. The van der Waals surface area contributed by atoms with Crippen molar-refractivity contribution < 1.29 is 4.79 Å². The highest BCUT2D eigenvalue weighted by Gasteiger charge is 2.22. The minimum atomic E-state index is -0.123. The van der Waals surface area contributed by atoms with Crippen molar-refractivity contribution in [3.05, 3.63) is 70.8 Å². The Kier molecular flexibility index (Phi) is 6.79. The summed E-state index contributed by atoms with van der Waals surface area (Å²) in [6.45, 7) is 4.91. The maximum Gasteiger partial charge on any atom is 0.171 e. The molecule has 0 amide bonds. The van der Waals surface area contributed by atoms with Crippen LogP contribution in [-0.2, 0) is 0 Å². The van der Waals surface area contributed by atoms with Crippen LogP contribution in [0.2, 0.25) is 0 Å². The quantitative estimate of drug-likeness (QED) is 0.768. The lowest BCUT2D eigenvalue weighted by molar-refractivity contribution is 0.0945. The van der Waals surface area contributed by atoms with Crippen LogP contribution in [0.15, 0.2) is 48.5 Å². The van der Waals surface area contributed by atoms with Crippen molar-refractivity contribution in [3.8, 4) is 0 Å². The van der Waals surface area contributed by atoms with Crippen molar-refractivity contribution in [1.29, 1.82) is 0 Å². The standard InChI is InChI=1S/C19H23NO.ClH/c1-14-10-11-17(12-15(14)2)18(13-20(3)4)19(21)16-8-6-5-7-9-16;/h5-12,18H,13H2,1-4H3;1H. The first-order valence-corrected chi connectivity index (χ1v) is 7.30. The molecule has 0 spiro atoms. The van der Waals surface area contributed by atoms with E-state index in [1.54, 1.807) is 0 Å². The molecule has 0 aliphatic heterocycles. The molecule has 2 aromatic carbocycles. The Hall–Kier alpha value is -1.64. The van der Waals surface area contributed by atoms with E-state index in [9.17, 15) is 4.79 Å². The number of carbonyl (C=O) groups is 1. The van der Waals surface area contributed by atoms with Crippen molar-refractivity contribution in [3.63, 3.8) is 0 Å². The first-order chi connectivity index (χ1) is 9.99. The highest BCUT2D eigenvalue weighted by molar-refractivity contribution is 6.01. The predicted octanol–water partition coefficient (Wildman–Crippen LogP) is 4.25. The van der Waals surface area contributed by atoms with Crippen molar-refractivity contribution >= 4 is 18.2 Å². The van der Waals surface area contributed by atoms with Gasteiger partial charge in [0.2, 0.25) is 0 Å². The van der Waals surface area contributed by atoms with E-state index in [1.165, 1.54) is 11.1 Å². The Labute approximate surface area is 139 Å². The molecule has 1 unspecified atom stereocenters. The summed E-state index contributed by atoms with van der Waals surface area (Å²) in [5, 5.41) is 0. The van der Waals surface area contributed by atoms with Crippen LogP contribution in [0.4, 0.5) is 0 Å². The number of hydrogen-bond donors (Lipinski definition) is 0. The summed E-state index contributed by atoms with van der Waals surface area (Å²) in [6.07, 6.45) is 0. The molecule has 0 fully saturated rings. The average Bonchev–Trinajstić information content (AvgIpc) is 2.48. The summed E-state index contributed by atoms with van der Waals surface area (Å²) in [5.74, 6) is 0.0641. The molecule has 1 atom stereocenters. The molecule has 0 saturated carbocycles. The van der Waals surface area contributed by atoms with Gasteiger partial charge in [-0.05, 0) is 44.6 Å². The van der Waals surface area contributed by atoms with Crippen LogP contribution in [0.3, 0.4) is 0 Å². The molecule has 118 valence electrons. The summed E-state index contributed by atoms with van der Waals surface area (Å²) in [6, 6.07) is 15.9. The number of halogens is 1. The molecule has 0 N–H and O–H groups in total. The van der Waals surface area contributed by atoms with Crippen LogP contribution in [0.1, 0.15) is 33.0 Å². The normalized spacial score (nSPS) is 11.9. The number of likely N-dealkylation sites (N-methyl/N-ethyl adjacent to an activating group) is 1. The number of ketones is 1. The molecule has 0 saturated heterocycles. The second-order valence-electron chi connectivity index (χ2n) is 5.89. The smallest absolute Gasteiger partial charge is 0.171 e. The zero-order valence-electron chi connectivity index (χ0n) is 13.7. The Bertz CT molecular complexity index is 623. The van der Waals surface area contributed by atoms with E-state index in [1.807, 2.05) is 44.4 Å². The van der Waals surface area contributed by atoms with Crippen LogP contribution in [0.5, 0.6) is 0 Å². The highest BCUT2D eigenvalue weighted by atomic mass is 35.5. The second kappa shape index (κ2) is 8.11. The SMILES string of the molecule is Cc1ccc(C(CN(C)C)C(=O)c2ccccc2)cc1C.Cl. The summed E-state index contributed by atoms with van der Waals surface area (Å²) in [4.78, 5) is 14.9. The lowest BCUT2D eigenvalue weighted by Gasteiger charge is -2.21. The van der Waals surface area contributed by atoms with Gasteiger partial charge < -0.3 is 4.90 Å². The summed E-state index contributed by atoms with van der Waals surface area (Å²) in [7, 11) is 4.01. The van der Waals surface area contributed by atoms with E-state index in [-0.39, 0.29) is 24.1 Å². The van der Waals surface area contributed by atoms with E-state index in [0.29, 0.717) is 0 Å². The number of benzene rings is 2. The fourth-order valence-electron chi connectivity index (χ4n) is 2.49. The second-order valence-corrected chi connectivity index (χ2v) is 5.89. The van der Waals surface area contributed by atoms with Gasteiger partial charge in [0, 0.05) is 12.1 Å². The van der Waals surface area contributed by atoms with Gasteiger partial charge >= 0.3 is 0 Å². The van der Waals surface area contributed by atoms with Gasteiger partial charge in [0.05, 0.1) is 5.92 Å². The molecule has 2 aromatic rings. The number of Topliss-reactive ketones (excluding diaryl/α,β-unsaturated/α-hetero) is 1. The molecule has 2 rings (SSSR count). The lowest BCUT2D eigenvalue weighted by Crippen LogP contribution is -2.26. The molecule has 0 heterocycles. The molecule has 2 nitrogen and oxygen atoms in total. The highest BCUT2D eigenvalue weighted by Crippen LogP contribution is 2.24. The maximum absolute atomic E-state index is 12.9. The minimum Gasteiger partial charge on any atom is -0.308 e. The molecule has 0 aliphatic rings. The van der Waals surface area contributed by atoms with Gasteiger partial charge in [-0.25, -0.2) is 0 Å².